The Morgan fingerprint density at radius 2 is 1.38 bits per heavy atom. The van der Waals surface area contributed by atoms with Gasteiger partial charge in [-0.1, -0.05) is 58.3 Å². The minimum Gasteiger partial charge on any atom is -0.469 e. The molecule has 0 radical (unpaired) electrons. The molecule has 0 atom stereocenters. The third-order valence-corrected chi connectivity index (χ3v) is 3.64. The Morgan fingerprint density at radius 3 is 1.95 bits per heavy atom. The Morgan fingerprint density at radius 1 is 0.857 bits per heavy atom. The topological polar surface area (TPSA) is 26.3 Å². The molecule has 0 aromatic heterocycles. The van der Waals surface area contributed by atoms with Gasteiger partial charge in [0.05, 0.1) is 7.11 Å². The van der Waals surface area contributed by atoms with E-state index in [1.54, 1.807) is 0 Å². The van der Waals surface area contributed by atoms with Crippen molar-refractivity contribution in [2.45, 2.75) is 90.4 Å². The predicted octanol–water partition coefficient (Wildman–Crippen LogP) is 5.96. The second-order valence-corrected chi connectivity index (χ2v) is 5.66. The molecule has 0 unspecified atom stereocenters. The van der Waals surface area contributed by atoms with Crippen molar-refractivity contribution in [2.75, 3.05) is 7.11 Å². The number of unbranched alkanes of at least 4 members (excludes halogenated alkanes) is 10. The number of methoxy groups -OCH3 is 1. The number of rotatable bonds is 14. The van der Waals surface area contributed by atoms with Crippen LogP contribution in [0.15, 0.2) is 17.9 Å². The smallest absolute Gasteiger partial charge is 0.305 e. The lowest BCUT2D eigenvalue weighted by Gasteiger charge is -2.00. The fourth-order valence-corrected chi connectivity index (χ4v) is 2.26. The van der Waals surface area contributed by atoms with Crippen molar-refractivity contribution >= 4 is 5.97 Å². The van der Waals surface area contributed by atoms with Gasteiger partial charge in [0.25, 0.3) is 0 Å². The number of ether oxygens (including phenoxy) is 1. The summed E-state index contributed by atoms with van der Waals surface area (Å²) in [7, 11) is 1.43. The Labute approximate surface area is 131 Å². The van der Waals surface area contributed by atoms with Gasteiger partial charge in [0, 0.05) is 6.42 Å². The molecular weight excluding hydrogens is 260 g/mol. The summed E-state index contributed by atoms with van der Waals surface area (Å²) < 4.78 is 4.59. The summed E-state index contributed by atoms with van der Waals surface area (Å²) in [5.74, 6) is -0.123. The molecule has 21 heavy (non-hydrogen) atoms. The van der Waals surface area contributed by atoms with Crippen LogP contribution in [0.1, 0.15) is 90.4 Å². The molecule has 0 aromatic rings. The van der Waals surface area contributed by atoms with E-state index in [1.807, 2.05) is 6.08 Å². The van der Waals surface area contributed by atoms with E-state index in [0.717, 1.165) is 19.3 Å². The molecule has 2 nitrogen and oxygen atoms in total. The zero-order chi connectivity index (χ0) is 15.6. The monoisotopic (exact) mass is 294 g/mol. The lowest BCUT2D eigenvalue weighted by atomic mass is 10.1. The summed E-state index contributed by atoms with van der Waals surface area (Å²) in [6, 6.07) is 0. The van der Waals surface area contributed by atoms with E-state index >= 15 is 0 Å². The molecule has 0 aliphatic rings. The fraction of sp³-hybridized carbons (Fsp3) is 0.789. The maximum absolute atomic E-state index is 10.9. The molecule has 0 aliphatic heterocycles. The molecule has 0 bridgehead atoms. The second-order valence-electron chi connectivity index (χ2n) is 5.66. The largest absolute Gasteiger partial charge is 0.469 e. The zero-order valence-electron chi connectivity index (χ0n) is 14.2. The van der Waals surface area contributed by atoms with Crippen molar-refractivity contribution in [1.29, 1.82) is 0 Å². The highest BCUT2D eigenvalue weighted by Gasteiger charge is 1.96. The first kappa shape index (κ1) is 20.0. The van der Waals surface area contributed by atoms with E-state index in [9.17, 15) is 4.79 Å². The van der Waals surface area contributed by atoms with Crippen molar-refractivity contribution in [3.05, 3.63) is 17.9 Å². The van der Waals surface area contributed by atoms with Crippen molar-refractivity contribution in [3.8, 4) is 0 Å². The number of hydrogen-bond donors (Lipinski definition) is 0. The van der Waals surface area contributed by atoms with Gasteiger partial charge in [-0.25, -0.2) is 0 Å². The van der Waals surface area contributed by atoms with Gasteiger partial charge in [-0.2, -0.15) is 0 Å². The minimum atomic E-state index is -0.123. The number of carbonyl (C=O) groups is 1. The van der Waals surface area contributed by atoms with Crippen LogP contribution in [0, 0.1) is 0 Å². The van der Waals surface area contributed by atoms with Crippen LogP contribution in [0.5, 0.6) is 0 Å². The maximum Gasteiger partial charge on any atom is 0.305 e. The maximum atomic E-state index is 10.9. The Balaban J connectivity index is 3.22. The SMILES string of the molecule is CCCCCCCCCCCC=C=CCCCC(=O)OC. The Kier molecular flexibility index (Phi) is 16.2. The van der Waals surface area contributed by atoms with Gasteiger partial charge >= 0.3 is 5.97 Å². The molecule has 0 rings (SSSR count). The summed E-state index contributed by atoms with van der Waals surface area (Å²) >= 11 is 0. The molecule has 122 valence electrons. The van der Waals surface area contributed by atoms with Crippen LogP contribution in [0.4, 0.5) is 0 Å². The zero-order valence-corrected chi connectivity index (χ0v) is 14.2. The highest BCUT2D eigenvalue weighted by Crippen LogP contribution is 2.10. The van der Waals surface area contributed by atoms with Gasteiger partial charge in [0.1, 0.15) is 0 Å². The van der Waals surface area contributed by atoms with Crippen molar-refractivity contribution in [2.24, 2.45) is 0 Å². The van der Waals surface area contributed by atoms with Crippen LogP contribution in [0.25, 0.3) is 0 Å². The van der Waals surface area contributed by atoms with Crippen LogP contribution in [-0.2, 0) is 9.53 Å². The third-order valence-electron chi connectivity index (χ3n) is 3.64. The quantitative estimate of drug-likeness (QED) is 0.224. The molecule has 0 saturated carbocycles. The van der Waals surface area contributed by atoms with E-state index in [2.05, 4.69) is 23.5 Å². The number of carbonyl (C=O) groups excluding carboxylic acids is 1. The van der Waals surface area contributed by atoms with Gasteiger partial charge in [-0.05, 0) is 37.8 Å². The molecule has 2 heteroatoms. The molecule has 0 N–H and O–H groups in total. The molecule has 0 aliphatic carbocycles. The first-order valence-corrected chi connectivity index (χ1v) is 8.77. The molecule has 0 saturated heterocycles. The highest BCUT2D eigenvalue weighted by molar-refractivity contribution is 5.68. The van der Waals surface area contributed by atoms with E-state index in [-0.39, 0.29) is 5.97 Å². The van der Waals surface area contributed by atoms with Crippen molar-refractivity contribution in [1.82, 2.24) is 0 Å². The van der Waals surface area contributed by atoms with Crippen LogP contribution in [0.3, 0.4) is 0 Å². The standard InChI is InChI=1S/C19H34O2/c1-3-4-5-6-7-8-9-10-11-12-13-14-15-16-17-18-19(20)21-2/h13,15H,3-12,16-18H2,1-2H3. The summed E-state index contributed by atoms with van der Waals surface area (Å²) in [5.41, 5.74) is 3.20. The Hall–Kier alpha value is -1.01. The average molecular weight is 294 g/mol. The number of hydrogen-bond acceptors (Lipinski definition) is 2. The van der Waals surface area contributed by atoms with Crippen LogP contribution in [-0.4, -0.2) is 13.1 Å². The van der Waals surface area contributed by atoms with E-state index < -0.39 is 0 Å². The van der Waals surface area contributed by atoms with Crippen LogP contribution < -0.4 is 0 Å². The molecule has 0 heterocycles. The normalized spacial score (nSPS) is 10.0. The molecule has 0 spiro atoms. The highest BCUT2D eigenvalue weighted by atomic mass is 16.5. The lowest BCUT2D eigenvalue weighted by Crippen LogP contribution is -1.98. The number of allylic oxidation sites excluding steroid dienone is 1. The second kappa shape index (κ2) is 17.0. The van der Waals surface area contributed by atoms with Gasteiger partial charge in [-0.3, -0.25) is 4.79 Å². The van der Waals surface area contributed by atoms with Crippen molar-refractivity contribution in [3.63, 3.8) is 0 Å². The molecule has 0 aromatic carbocycles. The Bertz CT molecular complexity index is 288. The average Bonchev–Trinajstić information content (AvgIpc) is 2.50. The first-order valence-electron chi connectivity index (χ1n) is 8.77. The minimum absolute atomic E-state index is 0.123. The summed E-state index contributed by atoms with van der Waals surface area (Å²) in [6.45, 7) is 2.26. The van der Waals surface area contributed by atoms with E-state index in [4.69, 9.17) is 0 Å². The van der Waals surface area contributed by atoms with Gasteiger partial charge in [0.15, 0.2) is 0 Å². The lowest BCUT2D eigenvalue weighted by molar-refractivity contribution is -0.140. The predicted molar refractivity (Wildman–Crippen MR) is 90.4 cm³/mol. The first-order chi connectivity index (χ1) is 10.3. The summed E-state index contributed by atoms with van der Waals surface area (Å²) in [6.07, 6.45) is 19.9. The third kappa shape index (κ3) is 16.9. The fourth-order valence-electron chi connectivity index (χ4n) is 2.26. The molecular formula is C19H34O2. The number of esters is 1. The summed E-state index contributed by atoms with van der Waals surface area (Å²) in [4.78, 5) is 10.9. The van der Waals surface area contributed by atoms with Gasteiger partial charge in [-0.15, -0.1) is 5.73 Å². The van der Waals surface area contributed by atoms with Crippen LogP contribution in [0.2, 0.25) is 0 Å². The van der Waals surface area contributed by atoms with E-state index in [0.29, 0.717) is 6.42 Å². The van der Waals surface area contributed by atoms with Crippen molar-refractivity contribution < 1.29 is 9.53 Å². The molecule has 0 amide bonds. The molecule has 0 fully saturated rings. The summed E-state index contributed by atoms with van der Waals surface area (Å²) in [5, 5.41) is 0. The van der Waals surface area contributed by atoms with Crippen LogP contribution >= 0.6 is 0 Å². The van der Waals surface area contributed by atoms with Gasteiger partial charge < -0.3 is 4.74 Å². The van der Waals surface area contributed by atoms with Gasteiger partial charge in [0.2, 0.25) is 0 Å². The van der Waals surface area contributed by atoms with E-state index in [1.165, 1.54) is 64.9 Å².